The first kappa shape index (κ1) is 16.1. The molecule has 2 aromatic heterocycles. The number of amides is 1. The van der Waals surface area contributed by atoms with Crippen molar-refractivity contribution in [2.24, 2.45) is 0 Å². The third kappa shape index (κ3) is 3.60. The molecule has 0 aliphatic rings. The van der Waals surface area contributed by atoms with Crippen molar-refractivity contribution < 1.29 is 18.7 Å². The lowest BCUT2D eigenvalue weighted by atomic mass is 10.1. The molecular weight excluding hydrogens is 330 g/mol. The molecule has 3 aromatic rings. The average Bonchev–Trinajstić information content (AvgIpc) is 3.21. The molecule has 1 aromatic carbocycles. The second-order valence-electron chi connectivity index (χ2n) is 4.95. The van der Waals surface area contributed by atoms with Crippen LogP contribution in [0, 0.1) is 0 Å². The number of ether oxygens (including phenoxy) is 1. The fraction of sp³-hybridized carbons (Fsp3) is 0.250. The van der Waals surface area contributed by atoms with Crippen LogP contribution in [0.5, 0.6) is 0 Å². The van der Waals surface area contributed by atoms with Crippen LogP contribution in [0.4, 0.5) is 0 Å². The van der Waals surface area contributed by atoms with Gasteiger partial charge in [0.15, 0.2) is 17.8 Å². The number of oxazole rings is 1. The highest BCUT2D eigenvalue weighted by molar-refractivity contribution is 7.16. The van der Waals surface area contributed by atoms with Crippen molar-refractivity contribution in [2.45, 2.75) is 19.9 Å². The summed E-state index contributed by atoms with van der Waals surface area (Å²) in [6, 6.07) is 5.72. The third-order valence-corrected chi connectivity index (χ3v) is 4.11. The molecule has 8 heteroatoms. The Morgan fingerprint density at radius 3 is 3.04 bits per heavy atom. The summed E-state index contributed by atoms with van der Waals surface area (Å²) in [6.45, 7) is 2.03. The number of carbonyl (C=O) groups excluding carboxylic acids is 2. The average molecular weight is 345 g/mol. The molecule has 24 heavy (non-hydrogen) atoms. The molecule has 0 atom stereocenters. The van der Waals surface area contributed by atoms with Crippen molar-refractivity contribution in [1.29, 1.82) is 0 Å². The number of esters is 1. The summed E-state index contributed by atoms with van der Waals surface area (Å²) < 4.78 is 11.1. The minimum atomic E-state index is -0.564. The predicted octanol–water partition coefficient (Wildman–Crippen LogP) is 2.32. The molecule has 7 nitrogen and oxygen atoms in total. The van der Waals surface area contributed by atoms with E-state index in [1.807, 2.05) is 18.2 Å². The highest BCUT2D eigenvalue weighted by Gasteiger charge is 2.18. The van der Waals surface area contributed by atoms with Crippen molar-refractivity contribution in [2.75, 3.05) is 6.61 Å². The van der Waals surface area contributed by atoms with Gasteiger partial charge in [-0.15, -0.1) is 11.3 Å². The van der Waals surface area contributed by atoms with Crippen LogP contribution < -0.4 is 5.32 Å². The summed E-state index contributed by atoms with van der Waals surface area (Å²) in [4.78, 5) is 31.8. The minimum absolute atomic E-state index is 0.0791. The van der Waals surface area contributed by atoms with Crippen LogP contribution >= 0.6 is 11.3 Å². The Kier molecular flexibility index (Phi) is 4.85. The molecule has 0 aliphatic carbocycles. The highest BCUT2D eigenvalue weighted by Crippen LogP contribution is 2.19. The van der Waals surface area contributed by atoms with E-state index in [1.165, 1.54) is 11.3 Å². The molecule has 0 radical (unpaired) electrons. The van der Waals surface area contributed by atoms with E-state index in [9.17, 15) is 9.59 Å². The highest BCUT2D eigenvalue weighted by atomic mass is 32.1. The topological polar surface area (TPSA) is 94.3 Å². The molecule has 0 fully saturated rings. The number of nitrogens with zero attached hydrogens (tertiary/aromatic N) is 2. The van der Waals surface area contributed by atoms with Gasteiger partial charge in [-0.25, -0.2) is 14.8 Å². The zero-order valence-electron chi connectivity index (χ0n) is 12.9. The van der Waals surface area contributed by atoms with Gasteiger partial charge in [0.05, 0.1) is 35.3 Å². The SMILES string of the molecule is CCOC(=O)c1ncoc1CNC(=O)Cc1ccc2ncsc2c1. The van der Waals surface area contributed by atoms with Crippen molar-refractivity contribution in [1.82, 2.24) is 15.3 Å². The van der Waals surface area contributed by atoms with Gasteiger partial charge in [0.1, 0.15) is 0 Å². The van der Waals surface area contributed by atoms with E-state index >= 15 is 0 Å². The van der Waals surface area contributed by atoms with Crippen LogP contribution in [0.2, 0.25) is 0 Å². The molecule has 2 heterocycles. The van der Waals surface area contributed by atoms with Crippen molar-refractivity contribution >= 4 is 33.4 Å². The van der Waals surface area contributed by atoms with Crippen LogP contribution in [0.1, 0.15) is 28.7 Å². The van der Waals surface area contributed by atoms with E-state index in [0.29, 0.717) is 0 Å². The number of hydrogen-bond acceptors (Lipinski definition) is 7. The number of thiazole rings is 1. The van der Waals surface area contributed by atoms with E-state index in [2.05, 4.69) is 15.3 Å². The summed E-state index contributed by atoms with van der Waals surface area (Å²) in [6.07, 6.45) is 1.39. The Hall–Kier alpha value is -2.74. The van der Waals surface area contributed by atoms with Crippen molar-refractivity contribution in [3.05, 3.63) is 47.1 Å². The number of fused-ring (bicyclic) bond motifs is 1. The minimum Gasteiger partial charge on any atom is -0.461 e. The number of aromatic nitrogens is 2. The van der Waals surface area contributed by atoms with Crippen LogP contribution in [0.25, 0.3) is 10.2 Å². The molecule has 0 bridgehead atoms. The maximum absolute atomic E-state index is 12.1. The van der Waals surface area contributed by atoms with Gasteiger partial charge in [-0.2, -0.15) is 0 Å². The molecule has 0 unspecified atom stereocenters. The first-order chi connectivity index (χ1) is 11.7. The second-order valence-corrected chi connectivity index (χ2v) is 5.84. The van der Waals surface area contributed by atoms with Gasteiger partial charge in [0.2, 0.25) is 5.91 Å². The molecule has 1 amide bonds. The molecule has 3 rings (SSSR count). The van der Waals surface area contributed by atoms with Crippen LogP contribution in [0.3, 0.4) is 0 Å². The Morgan fingerprint density at radius 1 is 1.33 bits per heavy atom. The van der Waals surface area contributed by atoms with Gasteiger partial charge in [-0.1, -0.05) is 6.07 Å². The maximum atomic E-state index is 12.1. The van der Waals surface area contributed by atoms with E-state index in [1.54, 1.807) is 12.4 Å². The van der Waals surface area contributed by atoms with Gasteiger partial charge in [-0.3, -0.25) is 4.79 Å². The molecule has 124 valence electrons. The number of hydrogen-bond donors (Lipinski definition) is 1. The van der Waals surface area contributed by atoms with E-state index < -0.39 is 5.97 Å². The third-order valence-electron chi connectivity index (χ3n) is 3.32. The van der Waals surface area contributed by atoms with E-state index in [-0.39, 0.29) is 36.9 Å². The fourth-order valence-corrected chi connectivity index (χ4v) is 2.94. The summed E-state index contributed by atoms with van der Waals surface area (Å²) in [7, 11) is 0. The maximum Gasteiger partial charge on any atom is 0.360 e. The summed E-state index contributed by atoms with van der Waals surface area (Å²) in [5.41, 5.74) is 3.68. The zero-order chi connectivity index (χ0) is 16.9. The molecule has 1 N–H and O–H groups in total. The Bertz CT molecular complexity index is 871. The van der Waals surface area contributed by atoms with E-state index in [0.717, 1.165) is 22.2 Å². The van der Waals surface area contributed by atoms with Crippen LogP contribution in [0.15, 0.2) is 34.5 Å². The molecule has 0 saturated carbocycles. The number of benzene rings is 1. The van der Waals surface area contributed by atoms with Crippen LogP contribution in [-0.4, -0.2) is 28.5 Å². The lowest BCUT2D eigenvalue weighted by Crippen LogP contribution is -2.25. The zero-order valence-corrected chi connectivity index (χ0v) is 13.8. The van der Waals surface area contributed by atoms with Crippen molar-refractivity contribution in [3.63, 3.8) is 0 Å². The molecular formula is C16H15N3O4S. The first-order valence-corrected chi connectivity index (χ1v) is 8.23. The summed E-state index contributed by atoms with van der Waals surface area (Å²) in [5, 5.41) is 2.72. The molecule has 0 saturated heterocycles. The van der Waals surface area contributed by atoms with Gasteiger partial charge in [0.25, 0.3) is 0 Å². The fourth-order valence-electron chi connectivity index (χ4n) is 2.20. The number of carbonyl (C=O) groups is 2. The van der Waals surface area contributed by atoms with Gasteiger partial charge in [-0.05, 0) is 24.6 Å². The smallest absolute Gasteiger partial charge is 0.360 e. The van der Waals surface area contributed by atoms with E-state index in [4.69, 9.17) is 9.15 Å². The normalized spacial score (nSPS) is 10.7. The molecule has 0 spiro atoms. The van der Waals surface area contributed by atoms with Crippen LogP contribution in [-0.2, 0) is 22.5 Å². The summed E-state index contributed by atoms with van der Waals surface area (Å²) in [5.74, 6) is -0.462. The summed E-state index contributed by atoms with van der Waals surface area (Å²) >= 11 is 1.53. The largest absolute Gasteiger partial charge is 0.461 e. The van der Waals surface area contributed by atoms with Gasteiger partial charge < -0.3 is 14.5 Å². The second kappa shape index (κ2) is 7.22. The standard InChI is InChI=1S/C16H15N3O4S/c1-2-22-16(21)15-12(23-8-18-15)7-17-14(20)6-10-3-4-11-13(5-10)24-9-19-11/h3-5,8-9H,2,6-7H2,1H3,(H,17,20). The van der Waals surface area contributed by atoms with Gasteiger partial charge in [0, 0.05) is 0 Å². The lowest BCUT2D eigenvalue weighted by molar-refractivity contribution is -0.120. The quantitative estimate of drug-likeness (QED) is 0.689. The number of rotatable bonds is 6. The Morgan fingerprint density at radius 2 is 2.21 bits per heavy atom. The Labute approximate surface area is 141 Å². The predicted molar refractivity (Wildman–Crippen MR) is 87.6 cm³/mol. The Balaban J connectivity index is 1.59. The van der Waals surface area contributed by atoms with Crippen molar-refractivity contribution in [3.8, 4) is 0 Å². The molecule has 0 aliphatic heterocycles. The first-order valence-electron chi connectivity index (χ1n) is 7.35. The lowest BCUT2D eigenvalue weighted by Gasteiger charge is -2.05. The van der Waals surface area contributed by atoms with Gasteiger partial charge >= 0.3 is 5.97 Å². The number of nitrogens with one attached hydrogen (secondary N) is 1. The monoisotopic (exact) mass is 345 g/mol.